The number of aliphatic hydroxyl groups excluding tert-OH is 2. The molecule has 4 aliphatic rings. The molecule has 0 spiro atoms. The highest BCUT2D eigenvalue weighted by atomic mass is 16.7. The summed E-state index contributed by atoms with van der Waals surface area (Å²) in [5.74, 6) is 3.35. The van der Waals surface area contributed by atoms with E-state index >= 15 is 0 Å². The SMILES string of the molecule is CC1CCC2C1C1C(CCC2(C)OC2OC(C)C(C)(O)C(O)C2O)C1(C)C. The fourth-order valence-corrected chi connectivity index (χ4v) is 6.93. The Kier molecular flexibility index (Phi) is 4.57. The first kappa shape index (κ1) is 20.1. The monoisotopic (exact) mass is 382 g/mol. The van der Waals surface area contributed by atoms with E-state index in [0.29, 0.717) is 23.2 Å². The van der Waals surface area contributed by atoms with E-state index in [1.807, 2.05) is 0 Å². The first-order valence-corrected chi connectivity index (χ1v) is 10.8. The topological polar surface area (TPSA) is 79.2 Å². The van der Waals surface area contributed by atoms with Crippen LogP contribution in [0.15, 0.2) is 0 Å². The lowest BCUT2D eigenvalue weighted by Gasteiger charge is -2.49. The van der Waals surface area contributed by atoms with E-state index in [0.717, 1.165) is 31.1 Å². The van der Waals surface area contributed by atoms with Crippen molar-refractivity contribution in [3.05, 3.63) is 0 Å². The van der Waals surface area contributed by atoms with Crippen molar-refractivity contribution in [2.75, 3.05) is 0 Å². The van der Waals surface area contributed by atoms with Gasteiger partial charge in [-0.05, 0) is 75.0 Å². The van der Waals surface area contributed by atoms with Crippen LogP contribution in [0.5, 0.6) is 0 Å². The third kappa shape index (κ3) is 2.83. The third-order valence-electron chi connectivity index (χ3n) is 9.09. The maximum Gasteiger partial charge on any atom is 0.187 e. The largest absolute Gasteiger partial charge is 0.387 e. The summed E-state index contributed by atoms with van der Waals surface area (Å²) in [6.45, 7) is 12.6. The van der Waals surface area contributed by atoms with Crippen LogP contribution < -0.4 is 0 Å². The van der Waals surface area contributed by atoms with Gasteiger partial charge in [-0.25, -0.2) is 0 Å². The fraction of sp³-hybridized carbons (Fsp3) is 1.00. The molecule has 0 aromatic heterocycles. The lowest BCUT2D eigenvalue weighted by atomic mass is 9.74. The molecule has 0 bridgehead atoms. The smallest absolute Gasteiger partial charge is 0.187 e. The minimum Gasteiger partial charge on any atom is -0.387 e. The molecule has 27 heavy (non-hydrogen) atoms. The van der Waals surface area contributed by atoms with Gasteiger partial charge in [-0.1, -0.05) is 27.2 Å². The third-order valence-corrected chi connectivity index (χ3v) is 9.09. The second kappa shape index (κ2) is 6.15. The van der Waals surface area contributed by atoms with Crippen LogP contribution in [0.1, 0.15) is 67.2 Å². The molecular formula is C22H38O5. The van der Waals surface area contributed by atoms with Gasteiger partial charge in [-0.2, -0.15) is 0 Å². The summed E-state index contributed by atoms with van der Waals surface area (Å²) >= 11 is 0. The van der Waals surface area contributed by atoms with Gasteiger partial charge in [0.1, 0.15) is 17.8 Å². The number of hydrogen-bond donors (Lipinski definition) is 3. The molecule has 11 atom stereocenters. The molecule has 5 heteroatoms. The van der Waals surface area contributed by atoms with Gasteiger partial charge in [-0.15, -0.1) is 0 Å². The van der Waals surface area contributed by atoms with Gasteiger partial charge in [0.2, 0.25) is 0 Å². The Labute approximate surface area is 163 Å². The van der Waals surface area contributed by atoms with Crippen LogP contribution in [-0.2, 0) is 9.47 Å². The molecular weight excluding hydrogens is 344 g/mol. The van der Waals surface area contributed by atoms with E-state index < -0.39 is 30.2 Å². The molecule has 4 fully saturated rings. The van der Waals surface area contributed by atoms with Crippen LogP contribution >= 0.6 is 0 Å². The zero-order chi connectivity index (χ0) is 19.9. The van der Waals surface area contributed by atoms with Crippen molar-refractivity contribution in [2.24, 2.45) is 35.0 Å². The Hall–Kier alpha value is -0.200. The van der Waals surface area contributed by atoms with Crippen molar-refractivity contribution in [2.45, 2.75) is 103 Å². The van der Waals surface area contributed by atoms with Crippen LogP contribution in [-0.4, -0.2) is 51.1 Å². The highest BCUT2D eigenvalue weighted by molar-refractivity contribution is 5.15. The van der Waals surface area contributed by atoms with Crippen molar-refractivity contribution in [1.29, 1.82) is 0 Å². The molecule has 3 N–H and O–H groups in total. The molecule has 1 aliphatic heterocycles. The van der Waals surface area contributed by atoms with Crippen LogP contribution in [0.25, 0.3) is 0 Å². The Morgan fingerprint density at radius 1 is 0.963 bits per heavy atom. The van der Waals surface area contributed by atoms with Crippen LogP contribution in [0.4, 0.5) is 0 Å². The molecule has 0 amide bonds. The Bertz CT molecular complexity index is 589. The van der Waals surface area contributed by atoms with Crippen LogP contribution in [0.3, 0.4) is 0 Å². The number of rotatable bonds is 2. The highest BCUT2D eigenvalue weighted by Gasteiger charge is 2.67. The van der Waals surface area contributed by atoms with Gasteiger partial charge >= 0.3 is 0 Å². The summed E-state index contributed by atoms with van der Waals surface area (Å²) in [4.78, 5) is 0. The molecule has 0 aromatic rings. The van der Waals surface area contributed by atoms with Crippen LogP contribution in [0.2, 0.25) is 0 Å². The zero-order valence-corrected chi connectivity index (χ0v) is 17.7. The standard InChI is InChI=1S/C22H38O5/c1-11-7-8-13-15(11)16-14(20(16,3)4)9-10-21(13,5)27-19-17(23)18(24)22(6,25)12(2)26-19/h11-19,23-25H,7-10H2,1-6H3. The fourth-order valence-electron chi connectivity index (χ4n) is 6.93. The highest BCUT2D eigenvalue weighted by Crippen LogP contribution is 2.71. The van der Waals surface area contributed by atoms with Gasteiger partial charge in [-0.3, -0.25) is 0 Å². The minimum atomic E-state index is -1.49. The van der Waals surface area contributed by atoms with Gasteiger partial charge in [0, 0.05) is 0 Å². The summed E-state index contributed by atoms with van der Waals surface area (Å²) in [5.41, 5.74) is -1.42. The average Bonchev–Trinajstić information content (AvgIpc) is 2.95. The van der Waals surface area contributed by atoms with Gasteiger partial charge in [0.05, 0.1) is 11.7 Å². The molecule has 1 saturated heterocycles. The second-order valence-electron chi connectivity index (χ2n) is 11.0. The van der Waals surface area contributed by atoms with Gasteiger partial charge in [0.25, 0.3) is 0 Å². The molecule has 11 unspecified atom stereocenters. The van der Waals surface area contributed by atoms with Gasteiger partial charge < -0.3 is 24.8 Å². The summed E-state index contributed by atoms with van der Waals surface area (Å²) in [6, 6.07) is 0. The van der Waals surface area contributed by atoms with E-state index in [2.05, 4.69) is 27.7 Å². The predicted octanol–water partition coefficient (Wildman–Crippen LogP) is 2.71. The minimum absolute atomic E-state index is 0.368. The van der Waals surface area contributed by atoms with E-state index in [4.69, 9.17) is 9.47 Å². The molecule has 3 saturated carbocycles. The van der Waals surface area contributed by atoms with Crippen molar-refractivity contribution in [3.8, 4) is 0 Å². The number of fused-ring (bicyclic) bond motifs is 3. The average molecular weight is 383 g/mol. The number of ether oxygens (including phenoxy) is 2. The van der Waals surface area contributed by atoms with E-state index in [-0.39, 0.29) is 5.60 Å². The van der Waals surface area contributed by atoms with Crippen molar-refractivity contribution in [3.63, 3.8) is 0 Å². The predicted molar refractivity (Wildman–Crippen MR) is 102 cm³/mol. The summed E-state index contributed by atoms with van der Waals surface area (Å²) in [6.07, 6.45) is 0.437. The van der Waals surface area contributed by atoms with Crippen molar-refractivity contribution < 1.29 is 24.8 Å². The molecule has 0 aromatic carbocycles. The van der Waals surface area contributed by atoms with Crippen molar-refractivity contribution in [1.82, 2.24) is 0 Å². The maximum atomic E-state index is 10.6. The van der Waals surface area contributed by atoms with E-state index in [1.165, 1.54) is 13.3 Å². The number of aliphatic hydroxyl groups is 3. The Morgan fingerprint density at radius 2 is 1.63 bits per heavy atom. The molecule has 0 radical (unpaired) electrons. The van der Waals surface area contributed by atoms with E-state index in [9.17, 15) is 15.3 Å². The second-order valence-corrected chi connectivity index (χ2v) is 11.0. The summed E-state index contributed by atoms with van der Waals surface area (Å²) < 4.78 is 12.4. The lowest BCUT2D eigenvalue weighted by Crippen LogP contribution is -2.65. The lowest BCUT2D eigenvalue weighted by molar-refractivity contribution is -0.346. The summed E-state index contributed by atoms with van der Waals surface area (Å²) in [7, 11) is 0. The van der Waals surface area contributed by atoms with Crippen molar-refractivity contribution >= 4 is 0 Å². The summed E-state index contributed by atoms with van der Waals surface area (Å²) in [5, 5.41) is 31.4. The maximum absolute atomic E-state index is 10.6. The first-order valence-electron chi connectivity index (χ1n) is 10.8. The molecule has 156 valence electrons. The quantitative estimate of drug-likeness (QED) is 0.684. The number of hydrogen-bond acceptors (Lipinski definition) is 5. The van der Waals surface area contributed by atoms with E-state index in [1.54, 1.807) is 6.92 Å². The molecule has 4 rings (SSSR count). The molecule has 5 nitrogen and oxygen atoms in total. The van der Waals surface area contributed by atoms with Crippen LogP contribution in [0, 0.1) is 35.0 Å². The Balaban J connectivity index is 1.57. The Morgan fingerprint density at radius 3 is 2.30 bits per heavy atom. The normalized spacial score (nSPS) is 59.7. The first-order chi connectivity index (χ1) is 12.4. The molecule has 3 aliphatic carbocycles. The zero-order valence-electron chi connectivity index (χ0n) is 17.7. The van der Waals surface area contributed by atoms with Gasteiger partial charge in [0.15, 0.2) is 6.29 Å². The molecule has 1 heterocycles.